The van der Waals surface area contributed by atoms with Crippen molar-refractivity contribution in [2.45, 2.75) is 0 Å². The van der Waals surface area contributed by atoms with Crippen molar-refractivity contribution in [1.82, 2.24) is 9.55 Å². The summed E-state index contributed by atoms with van der Waals surface area (Å²) in [5.41, 5.74) is 4.43. The molecule has 0 spiro atoms. The molecule has 1 radical (unpaired) electrons. The maximum absolute atomic E-state index is 7.12. The number of benzene rings is 2. The minimum absolute atomic E-state index is 0. The Bertz CT molecular complexity index is 1030. The van der Waals surface area contributed by atoms with Crippen molar-refractivity contribution >= 4 is 16.6 Å². The molecule has 0 bridgehead atoms. The van der Waals surface area contributed by atoms with Gasteiger partial charge in [-0.1, -0.05) is 24.3 Å². The van der Waals surface area contributed by atoms with Crippen molar-refractivity contribution in [1.29, 1.82) is 0 Å². The van der Waals surface area contributed by atoms with Gasteiger partial charge in [-0.3, -0.25) is 4.85 Å². The van der Waals surface area contributed by atoms with Crippen LogP contribution in [-0.2, 0) is 20.1 Å². The summed E-state index contributed by atoms with van der Waals surface area (Å²) < 4.78 is 2.12. The van der Waals surface area contributed by atoms with Crippen LogP contribution in [0, 0.1) is 12.6 Å². The van der Waals surface area contributed by atoms with E-state index in [2.05, 4.69) is 38.7 Å². The van der Waals surface area contributed by atoms with Crippen molar-refractivity contribution in [2.24, 2.45) is 0 Å². The molecule has 0 saturated heterocycles. The van der Waals surface area contributed by atoms with Gasteiger partial charge < -0.3 is 9.55 Å². The minimum Gasteiger partial charge on any atom is -0.315 e. The fourth-order valence-corrected chi connectivity index (χ4v) is 2.67. The number of hydrogen-bond donors (Lipinski definition) is 0. The molecule has 24 heavy (non-hydrogen) atoms. The van der Waals surface area contributed by atoms with Crippen LogP contribution in [0.2, 0.25) is 0 Å². The van der Waals surface area contributed by atoms with Gasteiger partial charge in [0.05, 0.1) is 12.1 Å². The van der Waals surface area contributed by atoms with Crippen molar-refractivity contribution in [3.8, 4) is 16.9 Å². The smallest absolute Gasteiger partial charge is 0.108 e. The molecule has 2 aromatic carbocycles. The molecule has 0 N–H and O–H groups in total. The summed E-state index contributed by atoms with van der Waals surface area (Å²) in [7, 11) is 0. The minimum atomic E-state index is 0. The Hall–Kier alpha value is -2.73. The summed E-state index contributed by atoms with van der Waals surface area (Å²) in [5.74, 6) is 0. The van der Waals surface area contributed by atoms with Crippen LogP contribution in [-0.4, -0.2) is 9.55 Å². The van der Waals surface area contributed by atoms with E-state index in [1.165, 1.54) is 0 Å². The van der Waals surface area contributed by atoms with Crippen LogP contribution in [0.1, 0.15) is 0 Å². The number of fused-ring (bicyclic) bond motifs is 1. The van der Waals surface area contributed by atoms with E-state index in [4.69, 9.17) is 6.57 Å². The van der Waals surface area contributed by atoms with E-state index in [1.807, 2.05) is 42.7 Å². The van der Waals surface area contributed by atoms with Gasteiger partial charge in [-0.15, -0.1) is 23.8 Å². The molecule has 3 nitrogen and oxygen atoms in total. The van der Waals surface area contributed by atoms with Gasteiger partial charge in [0, 0.05) is 38.2 Å². The Kier molecular flexibility index (Phi) is 4.57. The summed E-state index contributed by atoms with van der Waals surface area (Å²) in [6.07, 6.45) is 3.92. The molecule has 0 aliphatic rings. The van der Waals surface area contributed by atoms with Crippen LogP contribution in [0.5, 0.6) is 0 Å². The fraction of sp³-hybridized carbons (Fsp3) is 0. The summed E-state index contributed by atoms with van der Waals surface area (Å²) in [5, 5.41) is 1.11. The molecular weight excluding hydrogens is 474 g/mol. The molecule has 0 saturated carbocycles. The Labute approximate surface area is 153 Å². The molecule has 0 aliphatic carbocycles. The molecule has 4 aromatic rings. The molecule has 2 aromatic heterocycles. The predicted octanol–water partition coefficient (Wildman–Crippen LogP) is 5.04. The van der Waals surface area contributed by atoms with E-state index in [0.29, 0.717) is 5.69 Å². The molecule has 2 heterocycles. The summed E-state index contributed by atoms with van der Waals surface area (Å²) in [6.45, 7) is 7.12. The van der Waals surface area contributed by atoms with Crippen LogP contribution in [0.3, 0.4) is 0 Å². The van der Waals surface area contributed by atoms with Gasteiger partial charge in [-0.2, -0.15) is 6.07 Å². The van der Waals surface area contributed by atoms with E-state index in [9.17, 15) is 0 Å². The summed E-state index contributed by atoms with van der Waals surface area (Å²) in [4.78, 5) is 8.02. The average Bonchev–Trinajstić information content (AvgIpc) is 3.05. The van der Waals surface area contributed by atoms with Crippen LogP contribution < -0.4 is 0 Å². The monoisotopic (exact) mass is 487 g/mol. The average molecular weight is 487 g/mol. The third-order valence-electron chi connectivity index (χ3n) is 3.80. The van der Waals surface area contributed by atoms with Crippen molar-refractivity contribution in [3.63, 3.8) is 0 Å². The van der Waals surface area contributed by atoms with E-state index in [0.717, 1.165) is 27.8 Å². The Morgan fingerprint density at radius 2 is 1.88 bits per heavy atom. The molecule has 0 amide bonds. The third-order valence-corrected chi connectivity index (χ3v) is 3.80. The Balaban J connectivity index is 0.00000169. The molecule has 0 fully saturated rings. The van der Waals surface area contributed by atoms with E-state index in [1.54, 1.807) is 12.1 Å². The quantitative estimate of drug-likeness (QED) is 0.364. The number of pyridine rings is 1. The second-order valence-electron chi connectivity index (χ2n) is 5.22. The Morgan fingerprint density at radius 1 is 1.04 bits per heavy atom. The van der Waals surface area contributed by atoms with Gasteiger partial charge in [0.25, 0.3) is 0 Å². The maximum atomic E-state index is 7.12. The van der Waals surface area contributed by atoms with Crippen LogP contribution in [0.4, 0.5) is 5.69 Å². The van der Waals surface area contributed by atoms with E-state index < -0.39 is 0 Å². The van der Waals surface area contributed by atoms with E-state index in [-0.39, 0.29) is 20.1 Å². The third kappa shape index (κ3) is 2.88. The normalized spacial score (nSPS) is 10.1. The van der Waals surface area contributed by atoms with Crippen molar-refractivity contribution < 1.29 is 20.1 Å². The topological polar surface area (TPSA) is 22.2 Å². The first kappa shape index (κ1) is 16.1. The first-order valence-corrected chi connectivity index (χ1v) is 7.27. The summed E-state index contributed by atoms with van der Waals surface area (Å²) in [6, 6.07) is 22.8. The molecule has 4 heteroatoms. The predicted molar refractivity (Wildman–Crippen MR) is 91.6 cm³/mol. The molecule has 117 valence electrons. The van der Waals surface area contributed by atoms with Crippen molar-refractivity contribution in [3.05, 3.63) is 90.5 Å². The Morgan fingerprint density at radius 3 is 2.67 bits per heavy atom. The largest absolute Gasteiger partial charge is 0.315 e. The second-order valence-corrected chi connectivity index (χ2v) is 5.22. The second kappa shape index (κ2) is 6.80. The zero-order chi connectivity index (χ0) is 15.6. The van der Waals surface area contributed by atoms with Gasteiger partial charge in [-0.05, 0) is 29.3 Å². The number of aromatic nitrogens is 2. The van der Waals surface area contributed by atoms with Gasteiger partial charge in [0.2, 0.25) is 0 Å². The van der Waals surface area contributed by atoms with Crippen LogP contribution in [0.25, 0.3) is 32.7 Å². The zero-order valence-electron chi connectivity index (χ0n) is 12.6. The SMILES string of the molecule is [C-]#[N+]c1cc[c-]c(-c2cc3ccn(-c4ccccc4)c3cn2)c1.[Ir]. The molecule has 0 unspecified atom stereocenters. The van der Waals surface area contributed by atoms with Gasteiger partial charge in [-0.25, -0.2) is 0 Å². The molecular formula is C20H12IrN3-. The van der Waals surface area contributed by atoms with Gasteiger partial charge in [0.1, 0.15) is 5.69 Å². The molecule has 0 aliphatic heterocycles. The zero-order valence-corrected chi connectivity index (χ0v) is 15.0. The van der Waals surface area contributed by atoms with Crippen molar-refractivity contribution in [2.75, 3.05) is 0 Å². The maximum Gasteiger partial charge on any atom is 0.108 e. The summed E-state index contributed by atoms with van der Waals surface area (Å²) >= 11 is 0. The molecule has 0 atom stereocenters. The first-order chi connectivity index (χ1) is 11.3. The van der Waals surface area contributed by atoms with Crippen LogP contribution >= 0.6 is 0 Å². The number of nitrogens with zero attached hydrogens (tertiary/aromatic N) is 3. The number of rotatable bonds is 2. The van der Waals surface area contributed by atoms with E-state index >= 15 is 0 Å². The number of hydrogen-bond acceptors (Lipinski definition) is 1. The fourth-order valence-electron chi connectivity index (χ4n) is 2.67. The van der Waals surface area contributed by atoms with Gasteiger partial charge >= 0.3 is 0 Å². The standard InChI is InChI=1S/C20H12N3.Ir/c1-21-17-7-5-6-15(12-17)19-13-16-10-11-23(20(16)14-22-19)18-8-3-2-4-9-18;/h2-5,7-14H;/q-1;. The number of para-hydroxylation sites is 1. The van der Waals surface area contributed by atoms with Gasteiger partial charge in [0.15, 0.2) is 0 Å². The first-order valence-electron chi connectivity index (χ1n) is 7.27. The van der Waals surface area contributed by atoms with Crippen LogP contribution in [0.15, 0.2) is 73.1 Å². The molecule has 4 rings (SSSR count).